The second-order valence-electron chi connectivity index (χ2n) is 4.96. The van der Waals surface area contributed by atoms with E-state index < -0.39 is 0 Å². The Labute approximate surface area is 88.0 Å². The summed E-state index contributed by atoms with van der Waals surface area (Å²) in [6, 6.07) is 0. The number of carbonyl (C=O) groups is 1. The predicted octanol–water partition coefficient (Wildman–Crippen LogP) is 1.31. The number of H-pyrrole nitrogens is 1. The van der Waals surface area contributed by atoms with E-state index in [0.29, 0.717) is 0 Å². The van der Waals surface area contributed by atoms with Crippen LogP contribution in [0.3, 0.4) is 0 Å². The van der Waals surface area contributed by atoms with Crippen molar-refractivity contribution in [3.63, 3.8) is 0 Å². The van der Waals surface area contributed by atoms with E-state index >= 15 is 0 Å². The van der Waals surface area contributed by atoms with Crippen LogP contribution in [0.4, 0.5) is 0 Å². The number of nitrogens with zero attached hydrogens (tertiary/aromatic N) is 1. The first-order valence-electron chi connectivity index (χ1n) is 5.21. The van der Waals surface area contributed by atoms with Crippen molar-refractivity contribution in [2.75, 3.05) is 7.11 Å². The Morgan fingerprint density at radius 3 is 2.67 bits per heavy atom. The molecule has 4 heteroatoms. The lowest BCUT2D eigenvalue weighted by atomic mass is 9.34. The molecule has 3 saturated carbocycles. The molecule has 1 aromatic rings. The number of nitrogens with one attached hydrogen (secondary N) is 1. The molecule has 3 fully saturated rings. The molecule has 1 heterocycles. The number of rotatable bonds is 2. The van der Waals surface area contributed by atoms with Crippen molar-refractivity contribution >= 4 is 5.97 Å². The van der Waals surface area contributed by atoms with Gasteiger partial charge in [-0.2, -0.15) is 0 Å². The number of hydrogen-bond acceptors (Lipinski definition) is 3. The van der Waals surface area contributed by atoms with Crippen LogP contribution in [-0.2, 0) is 14.9 Å². The summed E-state index contributed by atoms with van der Waals surface area (Å²) < 4.78 is 4.82. The third kappa shape index (κ3) is 0.874. The van der Waals surface area contributed by atoms with Crippen LogP contribution in [0.25, 0.3) is 0 Å². The summed E-state index contributed by atoms with van der Waals surface area (Å²) in [4.78, 5) is 19.0. The normalized spacial score (nSPS) is 36.7. The molecule has 3 aliphatic rings. The SMILES string of the molecule is COC(=O)C12CC(c3nc[nH]c3C)(C1)C2. The monoisotopic (exact) mass is 206 g/mol. The summed E-state index contributed by atoms with van der Waals surface area (Å²) >= 11 is 0. The largest absolute Gasteiger partial charge is 0.469 e. The Bertz CT molecular complexity index is 416. The Morgan fingerprint density at radius 1 is 1.53 bits per heavy atom. The van der Waals surface area contributed by atoms with Gasteiger partial charge in [-0.3, -0.25) is 4.79 Å². The van der Waals surface area contributed by atoms with Crippen LogP contribution in [0.2, 0.25) is 0 Å². The molecule has 15 heavy (non-hydrogen) atoms. The summed E-state index contributed by atoms with van der Waals surface area (Å²) in [5.74, 6) is -0.0439. The van der Waals surface area contributed by atoms with E-state index in [-0.39, 0.29) is 16.8 Å². The Balaban J connectivity index is 1.82. The van der Waals surface area contributed by atoms with Gasteiger partial charge in [-0.05, 0) is 26.2 Å². The maximum atomic E-state index is 11.5. The number of aromatic amines is 1. The van der Waals surface area contributed by atoms with Gasteiger partial charge in [-0.15, -0.1) is 0 Å². The van der Waals surface area contributed by atoms with E-state index in [1.165, 1.54) is 7.11 Å². The molecular weight excluding hydrogens is 192 g/mol. The molecule has 0 unspecified atom stereocenters. The fraction of sp³-hybridized carbons (Fsp3) is 0.636. The minimum absolute atomic E-state index is 0.0439. The Hall–Kier alpha value is -1.32. The third-order valence-electron chi connectivity index (χ3n) is 3.98. The maximum absolute atomic E-state index is 11.5. The zero-order chi connectivity index (χ0) is 10.7. The summed E-state index contributed by atoms with van der Waals surface area (Å²) in [6.45, 7) is 2.04. The van der Waals surface area contributed by atoms with Crippen LogP contribution in [0.1, 0.15) is 30.7 Å². The van der Waals surface area contributed by atoms with Gasteiger partial charge in [0.15, 0.2) is 0 Å². The van der Waals surface area contributed by atoms with E-state index in [2.05, 4.69) is 9.97 Å². The highest BCUT2D eigenvalue weighted by Gasteiger charge is 2.73. The van der Waals surface area contributed by atoms with Gasteiger partial charge in [-0.25, -0.2) is 4.98 Å². The van der Waals surface area contributed by atoms with Crippen molar-refractivity contribution in [2.45, 2.75) is 31.6 Å². The van der Waals surface area contributed by atoms with Crippen LogP contribution in [-0.4, -0.2) is 23.0 Å². The summed E-state index contributed by atoms with van der Waals surface area (Å²) in [5.41, 5.74) is 2.29. The van der Waals surface area contributed by atoms with E-state index in [9.17, 15) is 4.79 Å². The second kappa shape index (κ2) is 2.43. The molecule has 80 valence electrons. The first-order chi connectivity index (χ1) is 7.12. The third-order valence-corrected chi connectivity index (χ3v) is 3.98. The maximum Gasteiger partial charge on any atom is 0.311 e. The van der Waals surface area contributed by atoms with Gasteiger partial charge in [0, 0.05) is 11.1 Å². The van der Waals surface area contributed by atoms with Crippen LogP contribution < -0.4 is 0 Å². The molecule has 2 bridgehead atoms. The van der Waals surface area contributed by atoms with Crippen molar-refractivity contribution in [1.82, 2.24) is 9.97 Å². The number of carbonyl (C=O) groups excluding carboxylic acids is 1. The molecule has 0 atom stereocenters. The fourth-order valence-corrected chi connectivity index (χ4v) is 3.37. The van der Waals surface area contributed by atoms with Gasteiger partial charge in [-0.1, -0.05) is 0 Å². The smallest absolute Gasteiger partial charge is 0.311 e. The van der Waals surface area contributed by atoms with E-state index in [1.807, 2.05) is 6.92 Å². The topological polar surface area (TPSA) is 55.0 Å². The lowest BCUT2D eigenvalue weighted by Crippen LogP contribution is -2.68. The van der Waals surface area contributed by atoms with Gasteiger partial charge in [0.25, 0.3) is 0 Å². The summed E-state index contributed by atoms with van der Waals surface area (Å²) in [6.07, 6.45) is 4.48. The van der Waals surface area contributed by atoms with Crippen molar-refractivity contribution in [1.29, 1.82) is 0 Å². The Morgan fingerprint density at radius 2 is 2.20 bits per heavy atom. The van der Waals surface area contributed by atoms with Crippen molar-refractivity contribution < 1.29 is 9.53 Å². The molecule has 0 saturated heterocycles. The van der Waals surface area contributed by atoms with Crippen LogP contribution in [0.15, 0.2) is 6.33 Å². The molecule has 0 aliphatic heterocycles. The van der Waals surface area contributed by atoms with Gasteiger partial charge in [0.1, 0.15) is 0 Å². The quantitative estimate of drug-likeness (QED) is 0.742. The van der Waals surface area contributed by atoms with Crippen LogP contribution in [0, 0.1) is 12.3 Å². The van der Waals surface area contributed by atoms with Crippen molar-refractivity contribution in [3.05, 3.63) is 17.7 Å². The van der Waals surface area contributed by atoms with E-state index in [4.69, 9.17) is 4.74 Å². The van der Waals surface area contributed by atoms with E-state index in [0.717, 1.165) is 30.7 Å². The number of aryl methyl sites for hydroxylation is 1. The van der Waals surface area contributed by atoms with E-state index in [1.54, 1.807) is 6.33 Å². The average Bonchev–Trinajstić information content (AvgIpc) is 2.48. The predicted molar refractivity (Wildman–Crippen MR) is 53.3 cm³/mol. The number of hydrogen-bond donors (Lipinski definition) is 1. The first-order valence-corrected chi connectivity index (χ1v) is 5.21. The molecule has 1 N–H and O–H groups in total. The second-order valence-corrected chi connectivity index (χ2v) is 4.96. The highest BCUT2D eigenvalue weighted by Crippen LogP contribution is 2.73. The number of ether oxygens (including phenoxy) is 1. The van der Waals surface area contributed by atoms with Crippen molar-refractivity contribution in [3.8, 4) is 0 Å². The molecular formula is C11H14N2O2. The number of aromatic nitrogens is 2. The number of esters is 1. The highest BCUT2D eigenvalue weighted by atomic mass is 16.5. The molecule has 0 aromatic carbocycles. The summed E-state index contributed by atoms with van der Waals surface area (Å²) in [5, 5.41) is 0. The fourth-order valence-electron chi connectivity index (χ4n) is 3.37. The standard InChI is InChI=1S/C11H14N2O2/c1-7-8(13-6-12-7)10-3-11(4-10,5-10)9(14)15-2/h6H,3-5H2,1-2H3,(H,12,13). The molecule has 4 nitrogen and oxygen atoms in total. The highest BCUT2D eigenvalue weighted by molar-refractivity contribution is 5.82. The first kappa shape index (κ1) is 8.95. The number of methoxy groups -OCH3 is 1. The molecule has 0 spiro atoms. The minimum Gasteiger partial charge on any atom is -0.469 e. The van der Waals surface area contributed by atoms with Gasteiger partial charge in [0.2, 0.25) is 0 Å². The zero-order valence-corrected chi connectivity index (χ0v) is 8.96. The minimum atomic E-state index is -0.167. The molecule has 4 rings (SSSR count). The molecule has 3 aliphatic carbocycles. The molecule has 0 radical (unpaired) electrons. The average molecular weight is 206 g/mol. The zero-order valence-electron chi connectivity index (χ0n) is 8.96. The Kier molecular flexibility index (Phi) is 1.45. The van der Waals surface area contributed by atoms with Crippen molar-refractivity contribution in [2.24, 2.45) is 5.41 Å². The number of imidazole rings is 1. The summed E-state index contributed by atoms with van der Waals surface area (Å²) in [7, 11) is 1.47. The van der Waals surface area contributed by atoms with Gasteiger partial charge < -0.3 is 9.72 Å². The molecule has 0 amide bonds. The van der Waals surface area contributed by atoms with Gasteiger partial charge in [0.05, 0.1) is 24.5 Å². The lowest BCUT2D eigenvalue weighted by molar-refractivity contribution is -0.198. The van der Waals surface area contributed by atoms with Crippen LogP contribution >= 0.6 is 0 Å². The lowest BCUT2D eigenvalue weighted by Gasteiger charge is -2.68. The van der Waals surface area contributed by atoms with Crippen LogP contribution in [0.5, 0.6) is 0 Å². The molecule has 1 aromatic heterocycles. The van der Waals surface area contributed by atoms with Gasteiger partial charge >= 0.3 is 5.97 Å².